The number of likely N-dealkylation sites (N-methyl/N-ethyl adjacent to an activating group) is 1. The minimum atomic E-state index is -3.77. The highest BCUT2D eigenvalue weighted by molar-refractivity contribution is 7.87. The van der Waals surface area contributed by atoms with Crippen molar-refractivity contribution < 1.29 is 23.1 Å². The van der Waals surface area contributed by atoms with Crippen LogP contribution in [-0.2, 0) is 22.1 Å². The van der Waals surface area contributed by atoms with Gasteiger partial charge in [-0.1, -0.05) is 12.1 Å². The van der Waals surface area contributed by atoms with E-state index in [1.54, 1.807) is 11.6 Å². The number of carboxylic acid groups (broad SMARTS) is 1. The fourth-order valence-electron chi connectivity index (χ4n) is 2.86. The zero-order chi connectivity index (χ0) is 20.9. The fraction of sp³-hybridized carbons (Fsp3) is 0.438. The molecule has 0 fully saturated rings. The highest BCUT2D eigenvalue weighted by atomic mass is 32.2. The van der Waals surface area contributed by atoms with Gasteiger partial charge in [0.1, 0.15) is 6.04 Å². The third-order valence-electron chi connectivity index (χ3n) is 4.21. The van der Waals surface area contributed by atoms with Crippen molar-refractivity contribution in [1.82, 2.24) is 19.6 Å². The quantitative estimate of drug-likeness (QED) is 0.428. The van der Waals surface area contributed by atoms with Crippen molar-refractivity contribution in [2.75, 3.05) is 18.5 Å². The number of nitrogens with two attached hydrogens (primary N) is 1. The van der Waals surface area contributed by atoms with E-state index >= 15 is 0 Å². The Kier molecular flexibility index (Phi) is 6.94. The van der Waals surface area contributed by atoms with Gasteiger partial charge in [-0.2, -0.15) is 8.42 Å². The topological polar surface area (TPSA) is 160 Å². The van der Waals surface area contributed by atoms with Crippen molar-refractivity contribution in [3.8, 4) is 0 Å². The lowest BCUT2D eigenvalue weighted by Crippen LogP contribution is -2.47. The van der Waals surface area contributed by atoms with Gasteiger partial charge in [0.15, 0.2) is 0 Å². The first-order chi connectivity index (χ1) is 13.1. The number of hydrogen-bond donors (Lipinski definition) is 4. The molecule has 11 nitrogen and oxygen atoms in total. The number of carbonyl (C=O) groups is 2. The lowest BCUT2D eigenvalue weighted by atomic mass is 10.1. The minimum absolute atomic E-state index is 0.105. The van der Waals surface area contributed by atoms with Gasteiger partial charge in [0.2, 0.25) is 5.95 Å². The average Bonchev–Trinajstić information content (AvgIpc) is 2.95. The molecule has 0 saturated heterocycles. The lowest BCUT2D eigenvalue weighted by Gasteiger charge is -2.23. The Morgan fingerprint density at radius 3 is 2.61 bits per heavy atom. The third-order valence-corrected chi connectivity index (χ3v) is 4.82. The molecule has 12 heteroatoms. The smallest absolute Gasteiger partial charge is 0.405 e. The summed E-state index contributed by atoms with van der Waals surface area (Å²) in [4.78, 5) is 29.7. The molecule has 5 N–H and O–H groups in total. The summed E-state index contributed by atoms with van der Waals surface area (Å²) in [6.45, 7) is 0.105. The Hall–Kier alpha value is -2.70. The van der Waals surface area contributed by atoms with E-state index in [9.17, 15) is 18.0 Å². The van der Waals surface area contributed by atoms with Crippen LogP contribution < -0.4 is 20.1 Å². The second-order valence-electron chi connectivity index (χ2n) is 6.29. The summed E-state index contributed by atoms with van der Waals surface area (Å²) >= 11 is 0. The molecular formula is C16H24N6O5S. The summed E-state index contributed by atoms with van der Waals surface area (Å²) < 4.78 is 25.6. The number of rotatable bonds is 9. The molecule has 1 atom stereocenters. The second kappa shape index (κ2) is 8.99. The molecule has 2 rings (SSSR count). The number of benzene rings is 1. The Morgan fingerprint density at radius 1 is 1.32 bits per heavy atom. The number of aryl methyl sites for hydroxylation is 1. The lowest BCUT2D eigenvalue weighted by molar-refractivity contribution is -0.120. The normalized spacial score (nSPS) is 12.7. The largest absolute Gasteiger partial charge is 0.465 e. The first-order valence-corrected chi connectivity index (χ1v) is 10.1. The maximum absolute atomic E-state index is 12.8. The molecule has 2 aromatic rings. The van der Waals surface area contributed by atoms with Gasteiger partial charge in [-0.3, -0.25) is 9.69 Å². The van der Waals surface area contributed by atoms with Gasteiger partial charge in [-0.25, -0.2) is 19.6 Å². The molecule has 28 heavy (non-hydrogen) atoms. The van der Waals surface area contributed by atoms with E-state index < -0.39 is 28.3 Å². The van der Waals surface area contributed by atoms with Crippen LogP contribution in [0.25, 0.3) is 11.0 Å². The zero-order valence-electron chi connectivity index (χ0n) is 15.6. The Morgan fingerprint density at radius 2 is 2.00 bits per heavy atom. The molecule has 0 bridgehead atoms. The summed E-state index contributed by atoms with van der Waals surface area (Å²) in [6, 6.07) is 6.40. The van der Waals surface area contributed by atoms with E-state index in [1.807, 2.05) is 24.3 Å². The molecule has 0 radical (unpaired) electrons. The second-order valence-corrected chi connectivity index (χ2v) is 7.67. The van der Waals surface area contributed by atoms with Crippen LogP contribution in [-0.4, -0.2) is 54.7 Å². The predicted molar refractivity (Wildman–Crippen MR) is 104 cm³/mol. The van der Waals surface area contributed by atoms with Crippen LogP contribution in [0.4, 0.5) is 10.7 Å². The molecule has 0 aliphatic heterocycles. The fourth-order valence-corrected chi connectivity index (χ4v) is 3.29. The van der Waals surface area contributed by atoms with Gasteiger partial charge in [0.25, 0.3) is 16.1 Å². The number of aromatic nitrogens is 2. The van der Waals surface area contributed by atoms with Crippen LogP contribution in [0.15, 0.2) is 24.3 Å². The van der Waals surface area contributed by atoms with Crippen LogP contribution in [0.5, 0.6) is 0 Å². The zero-order valence-corrected chi connectivity index (χ0v) is 16.4. The standard InChI is InChI=1S/C16H24N6O5S/c1-21-13-9-4-3-7-11(13)19-15(21)22(2)14(23)12(20-16(24)25)8-5-6-10-18-28(17,26)27/h3-4,7,9,12,18,20H,5-6,8,10H2,1-2H3,(H,24,25)(H2,17,26,27). The number of imidazole rings is 1. The van der Waals surface area contributed by atoms with Gasteiger partial charge in [0, 0.05) is 20.6 Å². The third kappa shape index (κ3) is 5.65. The van der Waals surface area contributed by atoms with Crippen molar-refractivity contribution in [2.24, 2.45) is 12.2 Å². The number of para-hydroxylation sites is 2. The number of nitrogens with zero attached hydrogens (tertiary/aromatic N) is 3. The van der Waals surface area contributed by atoms with Crippen LogP contribution in [0.1, 0.15) is 19.3 Å². The highest BCUT2D eigenvalue weighted by Gasteiger charge is 2.27. The van der Waals surface area contributed by atoms with Crippen molar-refractivity contribution in [3.63, 3.8) is 0 Å². The Balaban J connectivity index is 2.08. The predicted octanol–water partition coefficient (Wildman–Crippen LogP) is 0.136. The van der Waals surface area contributed by atoms with Gasteiger partial charge in [0.05, 0.1) is 11.0 Å². The van der Waals surface area contributed by atoms with Crippen LogP contribution in [0.2, 0.25) is 0 Å². The van der Waals surface area contributed by atoms with E-state index in [0.717, 1.165) is 11.0 Å². The van der Waals surface area contributed by atoms with E-state index in [1.165, 1.54) is 11.9 Å². The molecule has 0 saturated carbocycles. The molecule has 1 aromatic heterocycles. The summed E-state index contributed by atoms with van der Waals surface area (Å²) in [5, 5.41) is 16.1. The number of nitrogens with one attached hydrogen (secondary N) is 2. The van der Waals surface area contributed by atoms with Gasteiger partial charge in [-0.05, 0) is 31.4 Å². The SMILES string of the molecule is CN(C(=O)C(CCCCNS(N)(=O)=O)NC(=O)O)c1nc2ccccc2n1C. The number of hydrogen-bond acceptors (Lipinski definition) is 5. The molecule has 1 unspecified atom stereocenters. The number of amides is 2. The maximum Gasteiger partial charge on any atom is 0.405 e. The molecule has 154 valence electrons. The molecule has 0 aliphatic rings. The summed E-state index contributed by atoms with van der Waals surface area (Å²) in [6.07, 6.45) is -0.307. The number of carbonyl (C=O) groups excluding carboxylic acids is 1. The molecule has 2 amide bonds. The summed E-state index contributed by atoms with van der Waals surface area (Å²) in [5.41, 5.74) is 1.56. The van der Waals surface area contributed by atoms with Crippen molar-refractivity contribution in [3.05, 3.63) is 24.3 Å². The highest BCUT2D eigenvalue weighted by Crippen LogP contribution is 2.21. The number of fused-ring (bicyclic) bond motifs is 1. The molecule has 0 spiro atoms. The average molecular weight is 412 g/mol. The number of unbranched alkanes of at least 4 members (excludes halogenated alkanes) is 1. The monoisotopic (exact) mass is 412 g/mol. The molecular weight excluding hydrogens is 388 g/mol. The summed E-state index contributed by atoms with van der Waals surface area (Å²) in [7, 11) is -0.472. The minimum Gasteiger partial charge on any atom is -0.465 e. The maximum atomic E-state index is 12.8. The van der Waals surface area contributed by atoms with Crippen LogP contribution >= 0.6 is 0 Å². The van der Waals surface area contributed by atoms with E-state index in [2.05, 4.69) is 15.0 Å². The van der Waals surface area contributed by atoms with Gasteiger partial charge in [-0.15, -0.1) is 0 Å². The number of anilines is 1. The van der Waals surface area contributed by atoms with Crippen LogP contribution in [0.3, 0.4) is 0 Å². The van der Waals surface area contributed by atoms with Crippen molar-refractivity contribution >= 4 is 39.2 Å². The van der Waals surface area contributed by atoms with Gasteiger partial charge < -0.3 is 15.0 Å². The van der Waals surface area contributed by atoms with Crippen molar-refractivity contribution in [1.29, 1.82) is 0 Å². The van der Waals surface area contributed by atoms with E-state index in [-0.39, 0.29) is 13.0 Å². The van der Waals surface area contributed by atoms with E-state index in [4.69, 9.17) is 10.2 Å². The van der Waals surface area contributed by atoms with E-state index in [0.29, 0.717) is 18.8 Å². The summed E-state index contributed by atoms with van der Waals surface area (Å²) in [5.74, 6) is -0.0699. The van der Waals surface area contributed by atoms with Crippen LogP contribution in [0, 0.1) is 0 Å². The molecule has 1 aromatic carbocycles. The molecule has 0 aliphatic carbocycles. The first-order valence-electron chi connectivity index (χ1n) is 8.56. The van der Waals surface area contributed by atoms with Crippen molar-refractivity contribution in [2.45, 2.75) is 25.3 Å². The van der Waals surface area contributed by atoms with Gasteiger partial charge >= 0.3 is 6.09 Å². The first kappa shape index (κ1) is 21.6. The Bertz CT molecular complexity index is 958. The molecule has 1 heterocycles. The Labute approximate surface area is 162 Å².